The molecule has 1 fully saturated rings. The molecule has 0 saturated carbocycles. The monoisotopic (exact) mass is 459 g/mol. The van der Waals surface area contributed by atoms with E-state index in [0.717, 1.165) is 10.0 Å². The summed E-state index contributed by atoms with van der Waals surface area (Å²) < 4.78 is 6.50. The van der Waals surface area contributed by atoms with Gasteiger partial charge in [-0.05, 0) is 55.0 Å². The predicted octanol–water partition coefficient (Wildman–Crippen LogP) is 2.87. The van der Waals surface area contributed by atoms with Gasteiger partial charge in [-0.15, -0.1) is 0 Å². The number of ether oxygens (including phenoxy) is 1. The van der Waals surface area contributed by atoms with Gasteiger partial charge in [0.15, 0.2) is 6.61 Å². The molecule has 1 aliphatic heterocycles. The summed E-state index contributed by atoms with van der Waals surface area (Å²) in [6, 6.07) is 12.4. The second-order valence-corrected chi connectivity index (χ2v) is 7.67. The highest BCUT2D eigenvalue weighted by atomic mass is 79.9. The van der Waals surface area contributed by atoms with Crippen molar-refractivity contribution in [2.75, 3.05) is 30.4 Å². The minimum absolute atomic E-state index is 0.0866. The maximum Gasteiger partial charge on any atom is 0.262 e. The first kappa shape index (κ1) is 20.9. The summed E-state index contributed by atoms with van der Waals surface area (Å²) >= 11 is 3.42. The first-order chi connectivity index (χ1) is 13.9. The number of anilines is 2. The predicted molar refractivity (Wildman–Crippen MR) is 114 cm³/mol. The minimum atomic E-state index is -0.339. The molecule has 0 unspecified atom stereocenters. The fraction of sp³-hybridized carbons (Fsp3) is 0.286. The van der Waals surface area contributed by atoms with Crippen molar-refractivity contribution in [3.63, 3.8) is 0 Å². The average Bonchev–Trinajstić information content (AvgIpc) is 3.10. The van der Waals surface area contributed by atoms with E-state index in [2.05, 4.69) is 26.6 Å². The van der Waals surface area contributed by atoms with Crippen LogP contribution in [0.5, 0.6) is 5.75 Å². The number of rotatable bonds is 6. The van der Waals surface area contributed by atoms with Gasteiger partial charge in [0.05, 0.1) is 5.92 Å². The standard InChI is InChI=1S/C21H22BrN3O4/c1-13-9-15(3-8-18(13)22)24-19(26)12-29-17-6-4-16(5-7-17)25-11-14(10-20(25)27)21(28)23-2/h3-9,14H,10-12H2,1-2H3,(H,23,28)(H,24,26)/t14-/m0/s1. The molecule has 1 aliphatic rings. The number of carbonyl (C=O) groups is 3. The Kier molecular flexibility index (Phi) is 6.53. The molecule has 0 spiro atoms. The Balaban J connectivity index is 1.54. The van der Waals surface area contributed by atoms with Crippen molar-refractivity contribution >= 4 is 45.0 Å². The van der Waals surface area contributed by atoms with Crippen LogP contribution in [-0.2, 0) is 14.4 Å². The van der Waals surface area contributed by atoms with Crippen LogP contribution in [-0.4, -0.2) is 37.9 Å². The van der Waals surface area contributed by atoms with Gasteiger partial charge in [-0.25, -0.2) is 0 Å². The van der Waals surface area contributed by atoms with Gasteiger partial charge in [0.2, 0.25) is 11.8 Å². The van der Waals surface area contributed by atoms with E-state index in [-0.39, 0.29) is 36.7 Å². The first-order valence-electron chi connectivity index (χ1n) is 9.18. The highest BCUT2D eigenvalue weighted by molar-refractivity contribution is 9.10. The molecule has 0 aromatic heterocycles. The third-order valence-corrected chi connectivity index (χ3v) is 5.59. The lowest BCUT2D eigenvalue weighted by Gasteiger charge is -2.17. The number of halogens is 1. The second-order valence-electron chi connectivity index (χ2n) is 6.81. The van der Waals surface area contributed by atoms with Gasteiger partial charge in [0.25, 0.3) is 5.91 Å². The molecule has 2 aromatic rings. The molecule has 1 saturated heterocycles. The number of hydrogen-bond acceptors (Lipinski definition) is 4. The summed E-state index contributed by atoms with van der Waals surface area (Å²) in [5.74, 6) is -0.303. The molecule has 1 heterocycles. The SMILES string of the molecule is CNC(=O)[C@H]1CC(=O)N(c2ccc(OCC(=O)Nc3ccc(Br)c(C)c3)cc2)C1. The highest BCUT2D eigenvalue weighted by Gasteiger charge is 2.34. The molecular formula is C21H22BrN3O4. The van der Waals surface area contributed by atoms with Gasteiger partial charge < -0.3 is 20.3 Å². The van der Waals surface area contributed by atoms with Crippen molar-refractivity contribution in [2.24, 2.45) is 5.92 Å². The fourth-order valence-corrected chi connectivity index (χ4v) is 3.37. The van der Waals surface area contributed by atoms with Crippen LogP contribution in [0.1, 0.15) is 12.0 Å². The van der Waals surface area contributed by atoms with Crippen molar-refractivity contribution in [3.8, 4) is 5.75 Å². The highest BCUT2D eigenvalue weighted by Crippen LogP contribution is 2.27. The maximum absolute atomic E-state index is 12.2. The Bertz CT molecular complexity index is 930. The van der Waals surface area contributed by atoms with E-state index in [1.54, 1.807) is 36.2 Å². The molecule has 0 bridgehead atoms. The molecule has 3 amide bonds. The van der Waals surface area contributed by atoms with Gasteiger partial charge in [-0.1, -0.05) is 15.9 Å². The third kappa shape index (κ3) is 5.14. The summed E-state index contributed by atoms with van der Waals surface area (Å²) in [7, 11) is 1.57. The summed E-state index contributed by atoms with van der Waals surface area (Å²) in [5.41, 5.74) is 2.42. The number of nitrogens with zero attached hydrogens (tertiary/aromatic N) is 1. The van der Waals surface area contributed by atoms with Gasteiger partial charge in [-0.2, -0.15) is 0 Å². The zero-order chi connectivity index (χ0) is 21.0. The Morgan fingerprint density at radius 3 is 2.59 bits per heavy atom. The molecule has 8 heteroatoms. The maximum atomic E-state index is 12.2. The number of aryl methyl sites for hydroxylation is 1. The zero-order valence-corrected chi connectivity index (χ0v) is 17.8. The molecule has 2 N–H and O–H groups in total. The second kappa shape index (κ2) is 9.09. The van der Waals surface area contributed by atoms with Crippen LogP contribution in [0.4, 0.5) is 11.4 Å². The minimum Gasteiger partial charge on any atom is -0.484 e. The van der Waals surface area contributed by atoms with Crippen molar-refractivity contribution in [2.45, 2.75) is 13.3 Å². The lowest BCUT2D eigenvalue weighted by Crippen LogP contribution is -2.30. The van der Waals surface area contributed by atoms with Crippen LogP contribution in [0, 0.1) is 12.8 Å². The van der Waals surface area contributed by atoms with Gasteiger partial charge >= 0.3 is 0 Å². The van der Waals surface area contributed by atoms with E-state index in [9.17, 15) is 14.4 Å². The van der Waals surface area contributed by atoms with Crippen LogP contribution in [0.2, 0.25) is 0 Å². The molecule has 29 heavy (non-hydrogen) atoms. The molecule has 7 nitrogen and oxygen atoms in total. The Labute approximate surface area is 177 Å². The number of hydrogen-bond donors (Lipinski definition) is 2. The van der Waals surface area contributed by atoms with Gasteiger partial charge in [0, 0.05) is 35.9 Å². The van der Waals surface area contributed by atoms with E-state index in [1.165, 1.54) is 0 Å². The summed E-state index contributed by atoms with van der Waals surface area (Å²) in [4.78, 5) is 37.6. The van der Waals surface area contributed by atoms with Crippen LogP contribution in [0.3, 0.4) is 0 Å². The lowest BCUT2D eigenvalue weighted by atomic mass is 10.1. The van der Waals surface area contributed by atoms with Gasteiger partial charge in [0.1, 0.15) is 5.75 Å². The van der Waals surface area contributed by atoms with E-state index in [0.29, 0.717) is 23.7 Å². The molecule has 3 rings (SSSR count). The lowest BCUT2D eigenvalue weighted by molar-refractivity contribution is -0.125. The molecule has 0 radical (unpaired) electrons. The zero-order valence-electron chi connectivity index (χ0n) is 16.2. The van der Waals surface area contributed by atoms with Crippen molar-refractivity contribution in [3.05, 3.63) is 52.5 Å². The summed E-state index contributed by atoms with van der Waals surface area (Å²) in [5, 5.41) is 5.37. The van der Waals surface area contributed by atoms with Crippen LogP contribution >= 0.6 is 15.9 Å². The Hall–Kier alpha value is -2.87. The van der Waals surface area contributed by atoms with Crippen molar-refractivity contribution in [1.29, 1.82) is 0 Å². The molecule has 152 valence electrons. The number of carbonyl (C=O) groups excluding carboxylic acids is 3. The average molecular weight is 460 g/mol. The van der Waals surface area contributed by atoms with E-state index >= 15 is 0 Å². The Morgan fingerprint density at radius 2 is 1.93 bits per heavy atom. The smallest absolute Gasteiger partial charge is 0.262 e. The van der Waals surface area contributed by atoms with Crippen molar-refractivity contribution < 1.29 is 19.1 Å². The number of benzene rings is 2. The topological polar surface area (TPSA) is 87.7 Å². The first-order valence-corrected chi connectivity index (χ1v) is 9.97. The van der Waals surface area contributed by atoms with Crippen LogP contribution in [0.25, 0.3) is 0 Å². The quantitative estimate of drug-likeness (QED) is 0.694. The Morgan fingerprint density at radius 1 is 1.21 bits per heavy atom. The van der Waals surface area contributed by atoms with E-state index < -0.39 is 0 Å². The van der Waals surface area contributed by atoms with Crippen LogP contribution in [0.15, 0.2) is 46.9 Å². The molecule has 2 aromatic carbocycles. The third-order valence-electron chi connectivity index (χ3n) is 4.70. The van der Waals surface area contributed by atoms with E-state index in [1.807, 2.05) is 25.1 Å². The van der Waals surface area contributed by atoms with E-state index in [4.69, 9.17) is 4.74 Å². The van der Waals surface area contributed by atoms with Crippen molar-refractivity contribution in [1.82, 2.24) is 5.32 Å². The van der Waals surface area contributed by atoms with Crippen LogP contribution < -0.4 is 20.3 Å². The normalized spacial score (nSPS) is 15.9. The summed E-state index contributed by atoms with van der Waals surface area (Å²) in [6.07, 6.45) is 0.202. The summed E-state index contributed by atoms with van der Waals surface area (Å²) in [6.45, 7) is 2.17. The molecule has 1 atom stereocenters. The largest absolute Gasteiger partial charge is 0.484 e. The molecule has 0 aliphatic carbocycles. The number of amides is 3. The number of nitrogens with one attached hydrogen (secondary N) is 2. The van der Waals surface area contributed by atoms with Gasteiger partial charge in [-0.3, -0.25) is 14.4 Å². The fourth-order valence-electron chi connectivity index (χ4n) is 3.13. The molecular weight excluding hydrogens is 438 g/mol.